The van der Waals surface area contributed by atoms with Crippen LogP contribution in [0.3, 0.4) is 0 Å². The second kappa shape index (κ2) is 5.50. The monoisotopic (exact) mass is 294 g/mol. The molecule has 0 aliphatic heterocycles. The van der Waals surface area contributed by atoms with E-state index in [0.717, 1.165) is 16.6 Å². The summed E-state index contributed by atoms with van der Waals surface area (Å²) in [7, 11) is 0. The highest BCUT2D eigenvalue weighted by Gasteiger charge is 2.15. The van der Waals surface area contributed by atoms with Crippen LogP contribution < -0.4 is 5.32 Å². The predicted octanol–water partition coefficient (Wildman–Crippen LogP) is 3.85. The maximum Gasteiger partial charge on any atom is 0.137 e. The highest BCUT2D eigenvalue weighted by molar-refractivity contribution is 7.15. The number of aromatic hydroxyl groups is 1. The van der Waals surface area contributed by atoms with E-state index < -0.39 is 5.82 Å². The smallest absolute Gasteiger partial charge is 0.137 e. The van der Waals surface area contributed by atoms with Gasteiger partial charge >= 0.3 is 0 Å². The van der Waals surface area contributed by atoms with Crippen LogP contribution in [-0.2, 0) is 6.54 Å². The zero-order valence-electron chi connectivity index (χ0n) is 12.1. The standard InChI is InChI=1S/C15H19FN2OS/c1-9-13(8-17-15(2,3)4)20-14(18-9)11-6-5-10(19)7-12(11)16/h5-7,17,19H,8H2,1-4H3. The number of halogens is 1. The number of phenolic OH excluding ortho intramolecular Hbond substituents is 1. The Kier molecular flexibility index (Phi) is 4.11. The zero-order valence-corrected chi connectivity index (χ0v) is 12.9. The molecule has 1 heterocycles. The van der Waals surface area contributed by atoms with Crippen LogP contribution in [0.2, 0.25) is 0 Å². The Labute approximate surface area is 122 Å². The fraction of sp³-hybridized carbons (Fsp3) is 0.400. The van der Waals surface area contributed by atoms with E-state index in [1.165, 1.54) is 17.4 Å². The first-order valence-electron chi connectivity index (χ1n) is 6.46. The van der Waals surface area contributed by atoms with E-state index in [1.54, 1.807) is 6.07 Å². The van der Waals surface area contributed by atoms with E-state index in [0.29, 0.717) is 17.1 Å². The molecule has 1 aromatic heterocycles. The van der Waals surface area contributed by atoms with Crippen molar-refractivity contribution in [1.82, 2.24) is 10.3 Å². The molecule has 2 aromatic rings. The van der Waals surface area contributed by atoms with Gasteiger partial charge in [0.15, 0.2) is 0 Å². The lowest BCUT2D eigenvalue weighted by atomic mass is 10.1. The van der Waals surface area contributed by atoms with E-state index in [2.05, 4.69) is 31.1 Å². The van der Waals surface area contributed by atoms with Crippen molar-refractivity contribution in [1.29, 1.82) is 0 Å². The molecule has 0 fully saturated rings. The average molecular weight is 294 g/mol. The van der Waals surface area contributed by atoms with Crippen molar-refractivity contribution in [3.05, 3.63) is 34.6 Å². The van der Waals surface area contributed by atoms with Crippen molar-refractivity contribution < 1.29 is 9.50 Å². The van der Waals surface area contributed by atoms with Crippen LogP contribution in [-0.4, -0.2) is 15.6 Å². The molecule has 0 bridgehead atoms. The molecule has 0 unspecified atom stereocenters. The summed E-state index contributed by atoms with van der Waals surface area (Å²) in [6.45, 7) is 8.95. The molecule has 20 heavy (non-hydrogen) atoms. The molecule has 0 radical (unpaired) electrons. The summed E-state index contributed by atoms with van der Waals surface area (Å²) in [6.07, 6.45) is 0. The van der Waals surface area contributed by atoms with Crippen molar-refractivity contribution in [3.63, 3.8) is 0 Å². The molecular weight excluding hydrogens is 275 g/mol. The maximum atomic E-state index is 13.8. The lowest BCUT2D eigenvalue weighted by molar-refractivity contribution is 0.425. The van der Waals surface area contributed by atoms with Crippen molar-refractivity contribution in [2.24, 2.45) is 0 Å². The van der Waals surface area contributed by atoms with Crippen molar-refractivity contribution >= 4 is 11.3 Å². The van der Waals surface area contributed by atoms with E-state index >= 15 is 0 Å². The van der Waals surface area contributed by atoms with Crippen LogP contribution in [0.5, 0.6) is 5.75 Å². The first-order chi connectivity index (χ1) is 9.26. The third-order valence-corrected chi connectivity index (χ3v) is 4.05. The third kappa shape index (κ3) is 3.55. The van der Waals surface area contributed by atoms with Gasteiger partial charge < -0.3 is 10.4 Å². The Bertz CT molecular complexity index is 617. The van der Waals surface area contributed by atoms with Crippen LogP contribution in [0.4, 0.5) is 4.39 Å². The number of benzene rings is 1. The zero-order chi connectivity index (χ0) is 14.9. The average Bonchev–Trinajstić information content (AvgIpc) is 2.67. The van der Waals surface area contributed by atoms with E-state index in [9.17, 15) is 9.50 Å². The Morgan fingerprint density at radius 1 is 1.35 bits per heavy atom. The van der Waals surface area contributed by atoms with Crippen LogP contribution >= 0.6 is 11.3 Å². The molecule has 0 atom stereocenters. The van der Waals surface area contributed by atoms with Gasteiger partial charge in [-0.05, 0) is 39.8 Å². The van der Waals surface area contributed by atoms with Crippen LogP contribution in [0.1, 0.15) is 31.3 Å². The first kappa shape index (κ1) is 14.9. The second-order valence-corrected chi connectivity index (χ2v) is 6.88. The molecule has 3 nitrogen and oxygen atoms in total. The van der Waals surface area contributed by atoms with Gasteiger partial charge in [-0.2, -0.15) is 0 Å². The lowest BCUT2D eigenvalue weighted by Gasteiger charge is -2.19. The Balaban J connectivity index is 2.26. The van der Waals surface area contributed by atoms with Gasteiger partial charge in [-0.3, -0.25) is 0 Å². The van der Waals surface area contributed by atoms with Crippen molar-refractivity contribution in [2.45, 2.75) is 39.8 Å². The highest BCUT2D eigenvalue weighted by Crippen LogP contribution is 2.31. The van der Waals surface area contributed by atoms with Gasteiger partial charge in [-0.1, -0.05) is 0 Å². The normalized spacial score (nSPS) is 11.8. The summed E-state index contributed by atoms with van der Waals surface area (Å²) in [5, 5.41) is 13.3. The van der Waals surface area contributed by atoms with Gasteiger partial charge in [0.05, 0.1) is 5.69 Å². The molecular formula is C15H19FN2OS. The summed E-state index contributed by atoms with van der Waals surface area (Å²) < 4.78 is 13.8. The van der Waals surface area contributed by atoms with Gasteiger partial charge in [0.25, 0.3) is 0 Å². The second-order valence-electron chi connectivity index (χ2n) is 5.80. The van der Waals surface area contributed by atoms with E-state index in [4.69, 9.17) is 0 Å². The number of hydrogen-bond donors (Lipinski definition) is 2. The molecule has 108 valence electrons. The SMILES string of the molecule is Cc1nc(-c2ccc(O)cc2F)sc1CNC(C)(C)C. The number of rotatable bonds is 3. The summed E-state index contributed by atoms with van der Waals surface area (Å²) >= 11 is 1.48. The lowest BCUT2D eigenvalue weighted by Crippen LogP contribution is -2.34. The summed E-state index contributed by atoms with van der Waals surface area (Å²) in [4.78, 5) is 5.53. The Morgan fingerprint density at radius 2 is 2.05 bits per heavy atom. The minimum atomic E-state index is -0.450. The number of hydrogen-bond acceptors (Lipinski definition) is 4. The molecule has 0 amide bonds. The molecule has 1 aromatic carbocycles. The van der Waals surface area contributed by atoms with Crippen molar-refractivity contribution in [3.8, 4) is 16.3 Å². The molecule has 0 saturated heterocycles. The predicted molar refractivity (Wildman–Crippen MR) is 80.5 cm³/mol. The van der Waals surface area contributed by atoms with Gasteiger partial charge in [0.2, 0.25) is 0 Å². The highest BCUT2D eigenvalue weighted by atomic mass is 32.1. The molecule has 0 aliphatic carbocycles. The van der Waals surface area contributed by atoms with Gasteiger partial charge in [0.1, 0.15) is 16.6 Å². The minimum Gasteiger partial charge on any atom is -0.508 e. The Morgan fingerprint density at radius 3 is 2.65 bits per heavy atom. The summed E-state index contributed by atoms with van der Waals surface area (Å²) in [6, 6.07) is 4.14. The number of aromatic nitrogens is 1. The molecule has 2 N–H and O–H groups in total. The number of aryl methyl sites for hydroxylation is 1. The van der Waals surface area contributed by atoms with Crippen LogP contribution in [0, 0.1) is 12.7 Å². The van der Waals surface area contributed by atoms with Gasteiger partial charge in [-0.25, -0.2) is 9.37 Å². The first-order valence-corrected chi connectivity index (χ1v) is 7.28. The summed E-state index contributed by atoms with van der Waals surface area (Å²) in [5.74, 6) is -0.525. The quantitative estimate of drug-likeness (QED) is 0.903. The third-order valence-electron chi connectivity index (χ3n) is 2.86. The van der Waals surface area contributed by atoms with E-state index in [-0.39, 0.29) is 11.3 Å². The van der Waals surface area contributed by atoms with Crippen LogP contribution in [0.15, 0.2) is 18.2 Å². The fourth-order valence-electron chi connectivity index (χ4n) is 1.73. The molecule has 2 rings (SSSR count). The molecule has 0 spiro atoms. The number of thiazole rings is 1. The molecule has 0 aliphatic rings. The molecule has 0 saturated carbocycles. The van der Waals surface area contributed by atoms with Crippen molar-refractivity contribution in [2.75, 3.05) is 0 Å². The van der Waals surface area contributed by atoms with Gasteiger partial charge in [0, 0.05) is 28.6 Å². The fourth-order valence-corrected chi connectivity index (χ4v) is 2.76. The van der Waals surface area contributed by atoms with E-state index in [1.807, 2.05) is 6.92 Å². The largest absolute Gasteiger partial charge is 0.508 e. The minimum absolute atomic E-state index is 0.0282. The topological polar surface area (TPSA) is 45.2 Å². The Hall–Kier alpha value is -1.46. The van der Waals surface area contributed by atoms with Crippen LogP contribution in [0.25, 0.3) is 10.6 Å². The number of nitrogens with zero attached hydrogens (tertiary/aromatic N) is 1. The summed E-state index contributed by atoms with van der Waals surface area (Å²) in [5.41, 5.74) is 1.37. The molecule has 5 heteroatoms. The maximum absolute atomic E-state index is 13.8. The number of phenols is 1. The number of nitrogens with one attached hydrogen (secondary N) is 1. The van der Waals surface area contributed by atoms with Gasteiger partial charge in [-0.15, -0.1) is 11.3 Å².